The highest BCUT2D eigenvalue weighted by molar-refractivity contribution is 5.95. The molecule has 3 aromatic carbocycles. The molecule has 1 heterocycles. The lowest BCUT2D eigenvalue weighted by molar-refractivity contribution is -0.385. The number of nitro benzene ring substituents is 1. The maximum atomic E-state index is 12.3. The summed E-state index contributed by atoms with van der Waals surface area (Å²) in [4.78, 5) is 42.0. The van der Waals surface area contributed by atoms with E-state index in [0.29, 0.717) is 22.2 Å². The molecular formula is C22H16N6O4. The van der Waals surface area contributed by atoms with Gasteiger partial charge in [0, 0.05) is 17.3 Å². The third kappa shape index (κ3) is 4.49. The van der Waals surface area contributed by atoms with Crippen LogP contribution in [0.5, 0.6) is 0 Å². The number of nitrogens with zero attached hydrogens (tertiary/aromatic N) is 3. The monoisotopic (exact) mass is 428 g/mol. The Morgan fingerprint density at radius 1 is 1.03 bits per heavy atom. The molecule has 0 radical (unpaired) electrons. The number of amides is 1. The zero-order valence-electron chi connectivity index (χ0n) is 16.5. The van der Waals surface area contributed by atoms with Gasteiger partial charge in [0.1, 0.15) is 0 Å². The lowest BCUT2D eigenvalue weighted by atomic mass is 10.2. The van der Waals surface area contributed by atoms with E-state index in [-0.39, 0.29) is 22.8 Å². The van der Waals surface area contributed by atoms with Crippen LogP contribution in [0.3, 0.4) is 0 Å². The Balaban J connectivity index is 1.43. The number of fused-ring (bicyclic) bond motifs is 1. The maximum Gasteiger partial charge on any atom is 0.278 e. The first-order valence-corrected chi connectivity index (χ1v) is 9.44. The van der Waals surface area contributed by atoms with Crippen LogP contribution in [0.1, 0.15) is 15.9 Å². The molecule has 0 aliphatic rings. The molecule has 158 valence electrons. The van der Waals surface area contributed by atoms with Crippen LogP contribution in [0.2, 0.25) is 0 Å². The molecule has 0 aliphatic carbocycles. The van der Waals surface area contributed by atoms with Crippen LogP contribution in [0, 0.1) is 10.1 Å². The summed E-state index contributed by atoms with van der Waals surface area (Å²) < 4.78 is 0. The van der Waals surface area contributed by atoms with Crippen molar-refractivity contribution in [1.82, 2.24) is 15.4 Å². The Kier molecular flexibility index (Phi) is 5.66. The van der Waals surface area contributed by atoms with E-state index in [1.807, 2.05) is 0 Å². The van der Waals surface area contributed by atoms with E-state index in [4.69, 9.17) is 0 Å². The summed E-state index contributed by atoms with van der Waals surface area (Å²) in [7, 11) is 0. The van der Waals surface area contributed by atoms with E-state index in [9.17, 15) is 19.7 Å². The smallest absolute Gasteiger partial charge is 0.278 e. The molecule has 0 fully saturated rings. The second kappa shape index (κ2) is 8.88. The number of H-pyrrole nitrogens is 1. The van der Waals surface area contributed by atoms with Crippen LogP contribution in [0.4, 0.5) is 17.3 Å². The predicted octanol–water partition coefficient (Wildman–Crippen LogP) is 3.34. The lowest BCUT2D eigenvalue weighted by Gasteiger charge is -2.07. The van der Waals surface area contributed by atoms with Crippen molar-refractivity contribution in [2.45, 2.75) is 0 Å². The molecule has 0 spiro atoms. The molecule has 0 atom stereocenters. The van der Waals surface area contributed by atoms with Crippen LogP contribution in [0.15, 0.2) is 82.7 Å². The highest BCUT2D eigenvalue weighted by atomic mass is 16.6. The summed E-state index contributed by atoms with van der Waals surface area (Å²) in [6.07, 6.45) is 1.22. The van der Waals surface area contributed by atoms with Crippen molar-refractivity contribution in [1.29, 1.82) is 0 Å². The third-order valence-corrected chi connectivity index (χ3v) is 4.53. The minimum absolute atomic E-state index is 0.110. The highest BCUT2D eigenvalue weighted by Crippen LogP contribution is 2.16. The number of rotatable bonds is 6. The Morgan fingerprint density at radius 3 is 2.53 bits per heavy atom. The third-order valence-electron chi connectivity index (χ3n) is 4.53. The number of hydrogen-bond acceptors (Lipinski definition) is 7. The average molecular weight is 428 g/mol. The van der Waals surface area contributed by atoms with Crippen molar-refractivity contribution in [3.05, 3.63) is 104 Å². The van der Waals surface area contributed by atoms with Crippen molar-refractivity contribution in [3.8, 4) is 0 Å². The Bertz CT molecular complexity index is 1400. The second-order valence-electron chi connectivity index (χ2n) is 6.65. The number of anilines is 2. The van der Waals surface area contributed by atoms with Gasteiger partial charge in [-0.25, -0.2) is 10.4 Å². The van der Waals surface area contributed by atoms with Crippen LogP contribution >= 0.6 is 0 Å². The van der Waals surface area contributed by atoms with Gasteiger partial charge in [-0.3, -0.25) is 24.7 Å². The van der Waals surface area contributed by atoms with Crippen molar-refractivity contribution < 1.29 is 9.72 Å². The minimum atomic E-state index is -0.521. The molecule has 4 rings (SSSR count). The van der Waals surface area contributed by atoms with Gasteiger partial charge in [0.25, 0.3) is 17.2 Å². The van der Waals surface area contributed by atoms with Gasteiger partial charge in [-0.2, -0.15) is 5.10 Å². The van der Waals surface area contributed by atoms with Gasteiger partial charge >= 0.3 is 0 Å². The standard InChI is InChI=1S/C22H16N6O4/c29-20(27-23-13-15-5-1-4-8-19(15)28(31)32)14-9-11-16(12-10-14)24-22-25-18-7-3-2-6-17(18)21(30)26-22/h1-13H,(H,27,29)(H2,24,25,26,30)/b23-13-. The topological polar surface area (TPSA) is 142 Å². The fraction of sp³-hybridized carbons (Fsp3) is 0. The van der Waals surface area contributed by atoms with Gasteiger partial charge < -0.3 is 5.32 Å². The van der Waals surface area contributed by atoms with E-state index in [0.717, 1.165) is 0 Å². The molecule has 10 nitrogen and oxygen atoms in total. The first kappa shape index (κ1) is 20.4. The minimum Gasteiger partial charge on any atom is -0.326 e. The summed E-state index contributed by atoms with van der Waals surface area (Å²) in [6.45, 7) is 0. The Hall–Kier alpha value is -4.86. The quantitative estimate of drug-likeness (QED) is 0.244. The van der Waals surface area contributed by atoms with Crippen molar-refractivity contribution in [3.63, 3.8) is 0 Å². The van der Waals surface area contributed by atoms with E-state index in [1.165, 1.54) is 18.3 Å². The zero-order chi connectivity index (χ0) is 22.5. The molecule has 0 aliphatic heterocycles. The van der Waals surface area contributed by atoms with E-state index in [1.54, 1.807) is 60.7 Å². The normalized spacial score (nSPS) is 10.9. The molecule has 10 heteroatoms. The Labute approximate surface area is 180 Å². The first-order chi connectivity index (χ1) is 15.5. The van der Waals surface area contributed by atoms with E-state index < -0.39 is 10.8 Å². The highest BCUT2D eigenvalue weighted by Gasteiger charge is 2.10. The number of carbonyl (C=O) groups is 1. The van der Waals surface area contributed by atoms with E-state index in [2.05, 4.69) is 25.8 Å². The second-order valence-corrected chi connectivity index (χ2v) is 6.65. The first-order valence-electron chi connectivity index (χ1n) is 9.44. The number of hydrazone groups is 1. The summed E-state index contributed by atoms with van der Waals surface area (Å²) in [6, 6.07) is 19.5. The van der Waals surface area contributed by atoms with Crippen LogP contribution in [0.25, 0.3) is 10.9 Å². The molecule has 1 amide bonds. The van der Waals surface area contributed by atoms with Gasteiger partial charge in [0.05, 0.1) is 27.6 Å². The van der Waals surface area contributed by atoms with Crippen LogP contribution < -0.4 is 16.3 Å². The van der Waals surface area contributed by atoms with E-state index >= 15 is 0 Å². The molecular weight excluding hydrogens is 412 g/mol. The average Bonchev–Trinajstić information content (AvgIpc) is 2.80. The van der Waals surface area contributed by atoms with Gasteiger partial charge in [0.15, 0.2) is 0 Å². The molecule has 0 unspecified atom stereocenters. The van der Waals surface area contributed by atoms with Crippen molar-refractivity contribution in [2.75, 3.05) is 5.32 Å². The summed E-state index contributed by atoms with van der Waals surface area (Å²) >= 11 is 0. The molecule has 1 aromatic heterocycles. The number of nitrogens with one attached hydrogen (secondary N) is 3. The predicted molar refractivity (Wildman–Crippen MR) is 120 cm³/mol. The molecule has 4 aromatic rings. The van der Waals surface area contributed by atoms with Crippen molar-refractivity contribution in [2.24, 2.45) is 5.10 Å². The SMILES string of the molecule is O=C(N/N=C\c1ccccc1[N+](=O)[O-])c1ccc(Nc2nc3ccccc3c(=O)[nH]2)cc1. The number of nitro groups is 1. The van der Waals surface area contributed by atoms with Crippen molar-refractivity contribution >= 4 is 40.3 Å². The number of carbonyl (C=O) groups excluding carboxylic acids is 1. The largest absolute Gasteiger partial charge is 0.326 e. The summed E-state index contributed by atoms with van der Waals surface area (Å²) in [5, 5.41) is 18.3. The number of aromatic amines is 1. The van der Waals surface area contributed by atoms with Gasteiger partial charge in [-0.15, -0.1) is 0 Å². The molecule has 0 bridgehead atoms. The number of aromatic nitrogens is 2. The van der Waals surface area contributed by atoms with Crippen LogP contribution in [-0.2, 0) is 0 Å². The lowest BCUT2D eigenvalue weighted by Crippen LogP contribution is -2.17. The number of benzene rings is 3. The number of para-hydroxylation sites is 2. The maximum absolute atomic E-state index is 12.3. The number of hydrogen-bond donors (Lipinski definition) is 3. The van der Waals surface area contributed by atoms with Gasteiger partial charge in [-0.1, -0.05) is 24.3 Å². The zero-order valence-corrected chi connectivity index (χ0v) is 16.5. The molecule has 32 heavy (non-hydrogen) atoms. The molecule has 0 saturated carbocycles. The van der Waals surface area contributed by atoms with Gasteiger partial charge in [-0.05, 0) is 42.5 Å². The van der Waals surface area contributed by atoms with Crippen LogP contribution in [-0.4, -0.2) is 27.0 Å². The van der Waals surface area contributed by atoms with Gasteiger partial charge in [0.2, 0.25) is 5.95 Å². The molecule has 3 N–H and O–H groups in total. The Morgan fingerprint density at radius 2 is 1.75 bits per heavy atom. The molecule has 0 saturated heterocycles. The fourth-order valence-corrected chi connectivity index (χ4v) is 2.98. The summed E-state index contributed by atoms with van der Waals surface area (Å²) in [5.74, 6) is -0.205. The fourth-order valence-electron chi connectivity index (χ4n) is 2.98. The summed E-state index contributed by atoms with van der Waals surface area (Å²) in [5.41, 5.74) is 3.75.